The zero-order valence-corrected chi connectivity index (χ0v) is 22.6. The number of benzene rings is 2. The third-order valence-corrected chi connectivity index (χ3v) is 8.03. The Kier molecular flexibility index (Phi) is 6.47. The minimum Gasteiger partial charge on any atom is -0.456 e. The summed E-state index contributed by atoms with van der Waals surface area (Å²) in [4.78, 5) is 14.8. The average Bonchev–Trinajstić information content (AvgIpc) is 3.32. The lowest BCUT2D eigenvalue weighted by molar-refractivity contribution is 0.00695. The summed E-state index contributed by atoms with van der Waals surface area (Å²) in [5, 5.41) is 4.55. The second-order valence-corrected chi connectivity index (χ2v) is 12.1. The van der Waals surface area contributed by atoms with E-state index in [9.17, 15) is 9.18 Å². The Morgan fingerprint density at radius 1 is 1.16 bits per heavy atom. The number of carbonyl (C=O) groups excluding carboxylic acids is 1. The molecule has 3 aromatic rings. The van der Waals surface area contributed by atoms with Crippen molar-refractivity contribution in [3.63, 3.8) is 0 Å². The van der Waals surface area contributed by atoms with Gasteiger partial charge in [0.1, 0.15) is 22.9 Å². The molecule has 1 saturated heterocycles. The van der Waals surface area contributed by atoms with Crippen molar-refractivity contribution >= 4 is 23.3 Å². The van der Waals surface area contributed by atoms with Crippen LogP contribution in [0.5, 0.6) is 0 Å². The van der Waals surface area contributed by atoms with Crippen molar-refractivity contribution in [1.82, 2.24) is 5.16 Å². The first-order valence-corrected chi connectivity index (χ1v) is 13.7. The summed E-state index contributed by atoms with van der Waals surface area (Å²) in [5.74, 6) is 0.794. The van der Waals surface area contributed by atoms with Gasteiger partial charge in [-0.2, -0.15) is 0 Å². The molecule has 3 fully saturated rings. The Labute approximate surface area is 227 Å². The molecule has 1 aliphatic heterocycles. The number of anilines is 1. The van der Waals surface area contributed by atoms with Crippen LogP contribution in [0.25, 0.3) is 11.3 Å². The first-order chi connectivity index (χ1) is 18.2. The van der Waals surface area contributed by atoms with E-state index in [0.717, 1.165) is 49.2 Å². The fraction of sp³-hybridized carbons (Fsp3) is 0.467. The SMILES string of the molecule is CC(C)(C)OC(=O)c1ccc(N2C[C@@H]3C[C@H]2C[C@H]3OCc2c(-c3c(F)cccc3Cl)noc2C2CC2)cc1. The average molecular weight is 539 g/mol. The normalized spacial score (nSPS) is 22.8. The molecule has 200 valence electrons. The maximum absolute atomic E-state index is 14.7. The van der Waals surface area contributed by atoms with Crippen LogP contribution < -0.4 is 4.90 Å². The first kappa shape index (κ1) is 25.4. The molecular formula is C30H32ClFN2O4. The Hall–Kier alpha value is -2.90. The van der Waals surface area contributed by atoms with Crippen molar-refractivity contribution in [1.29, 1.82) is 0 Å². The van der Waals surface area contributed by atoms with Crippen LogP contribution in [0.2, 0.25) is 5.02 Å². The van der Waals surface area contributed by atoms with Gasteiger partial charge in [-0.1, -0.05) is 22.8 Å². The summed E-state index contributed by atoms with van der Waals surface area (Å²) >= 11 is 6.35. The predicted molar refractivity (Wildman–Crippen MR) is 143 cm³/mol. The third kappa shape index (κ3) is 4.94. The number of ether oxygens (including phenoxy) is 2. The van der Waals surface area contributed by atoms with E-state index in [1.807, 2.05) is 45.0 Å². The van der Waals surface area contributed by atoms with Crippen molar-refractivity contribution in [3.8, 4) is 11.3 Å². The van der Waals surface area contributed by atoms with Gasteiger partial charge in [-0.3, -0.25) is 0 Å². The van der Waals surface area contributed by atoms with Gasteiger partial charge in [0.2, 0.25) is 0 Å². The molecule has 3 atom stereocenters. The van der Waals surface area contributed by atoms with Crippen LogP contribution in [0.15, 0.2) is 47.0 Å². The van der Waals surface area contributed by atoms with Gasteiger partial charge >= 0.3 is 5.97 Å². The Balaban J connectivity index is 1.12. The summed E-state index contributed by atoms with van der Waals surface area (Å²) < 4.78 is 32.4. The van der Waals surface area contributed by atoms with Crippen LogP contribution in [0.3, 0.4) is 0 Å². The zero-order valence-electron chi connectivity index (χ0n) is 21.9. The molecule has 8 heteroatoms. The minimum absolute atomic E-state index is 0.114. The van der Waals surface area contributed by atoms with Gasteiger partial charge in [-0.25, -0.2) is 9.18 Å². The fourth-order valence-corrected chi connectivity index (χ4v) is 6.04. The number of nitrogens with zero attached hydrogens (tertiary/aromatic N) is 2. The van der Waals surface area contributed by atoms with Crippen molar-refractivity contribution in [3.05, 3.63) is 70.2 Å². The van der Waals surface area contributed by atoms with Crippen molar-refractivity contribution in [2.45, 2.75) is 76.7 Å². The van der Waals surface area contributed by atoms with Gasteiger partial charge in [0.25, 0.3) is 0 Å². The molecule has 0 radical (unpaired) electrons. The molecule has 0 amide bonds. The molecule has 1 aromatic heterocycles. The van der Waals surface area contributed by atoms with E-state index in [4.69, 9.17) is 25.6 Å². The molecule has 2 heterocycles. The lowest BCUT2D eigenvalue weighted by Crippen LogP contribution is -2.38. The first-order valence-electron chi connectivity index (χ1n) is 13.3. The van der Waals surface area contributed by atoms with Crippen LogP contribution in [0, 0.1) is 11.7 Å². The number of fused-ring (bicyclic) bond motifs is 2. The molecule has 6 nitrogen and oxygen atoms in total. The Morgan fingerprint density at radius 3 is 2.55 bits per heavy atom. The quantitative estimate of drug-likeness (QED) is 0.298. The summed E-state index contributed by atoms with van der Waals surface area (Å²) in [6.45, 7) is 6.82. The lowest BCUT2D eigenvalue weighted by Gasteiger charge is -2.33. The molecule has 2 aromatic carbocycles. The molecule has 0 spiro atoms. The van der Waals surface area contributed by atoms with E-state index in [2.05, 4.69) is 10.1 Å². The summed E-state index contributed by atoms with van der Waals surface area (Å²) in [6.07, 6.45) is 4.18. The van der Waals surface area contributed by atoms with Crippen LogP contribution >= 0.6 is 11.6 Å². The van der Waals surface area contributed by atoms with Crippen LogP contribution in [0.1, 0.15) is 74.1 Å². The number of halogens is 2. The molecule has 2 bridgehead atoms. The summed E-state index contributed by atoms with van der Waals surface area (Å²) in [6, 6.07) is 12.7. The van der Waals surface area contributed by atoms with Gasteiger partial charge in [0.15, 0.2) is 0 Å². The van der Waals surface area contributed by atoms with Gasteiger partial charge in [0.05, 0.1) is 28.9 Å². The van der Waals surface area contributed by atoms with Gasteiger partial charge in [-0.05, 0) is 82.9 Å². The number of esters is 1. The molecule has 2 saturated carbocycles. The highest BCUT2D eigenvalue weighted by Crippen LogP contribution is 2.47. The number of hydrogen-bond acceptors (Lipinski definition) is 6. The zero-order chi connectivity index (χ0) is 26.6. The molecule has 2 aliphatic carbocycles. The minimum atomic E-state index is -0.521. The van der Waals surface area contributed by atoms with E-state index in [-0.39, 0.29) is 17.6 Å². The largest absolute Gasteiger partial charge is 0.456 e. The van der Waals surface area contributed by atoms with Gasteiger partial charge in [-0.15, -0.1) is 0 Å². The predicted octanol–water partition coefficient (Wildman–Crippen LogP) is 7.15. The number of aromatic nitrogens is 1. The van der Waals surface area contributed by atoms with E-state index < -0.39 is 11.4 Å². The highest BCUT2D eigenvalue weighted by molar-refractivity contribution is 6.33. The smallest absolute Gasteiger partial charge is 0.338 e. The number of rotatable bonds is 7. The standard InChI is InChI=1S/C30H32ClFN2O4/c1-30(2,3)37-29(35)18-9-11-20(12-10-18)34-15-19-13-21(34)14-25(19)36-16-22-27(33-38-28(22)17-7-8-17)26-23(31)5-4-6-24(26)32/h4-6,9-12,17,19,21,25H,7-8,13-16H2,1-3H3/t19-,21-,25+/m0/s1. The molecule has 0 N–H and O–H groups in total. The van der Waals surface area contributed by atoms with Crippen LogP contribution in [-0.2, 0) is 16.1 Å². The monoisotopic (exact) mass is 538 g/mol. The Morgan fingerprint density at radius 2 is 1.92 bits per heavy atom. The summed E-state index contributed by atoms with van der Waals surface area (Å²) in [5.41, 5.74) is 2.68. The van der Waals surface area contributed by atoms with E-state index >= 15 is 0 Å². The van der Waals surface area contributed by atoms with Crippen molar-refractivity contribution < 1.29 is 23.2 Å². The highest BCUT2D eigenvalue weighted by atomic mass is 35.5. The second kappa shape index (κ2) is 9.69. The highest BCUT2D eigenvalue weighted by Gasteiger charge is 2.45. The van der Waals surface area contributed by atoms with Gasteiger partial charge in [0, 0.05) is 35.7 Å². The van der Waals surface area contributed by atoms with Crippen LogP contribution in [-0.4, -0.2) is 35.4 Å². The lowest BCUT2D eigenvalue weighted by atomic mass is 10.0. The molecular weight excluding hydrogens is 507 g/mol. The van der Waals surface area contributed by atoms with E-state index in [0.29, 0.717) is 40.8 Å². The number of piperidine rings is 1. The van der Waals surface area contributed by atoms with E-state index in [1.165, 1.54) is 6.07 Å². The number of hydrogen-bond donors (Lipinski definition) is 0. The van der Waals surface area contributed by atoms with Gasteiger partial charge < -0.3 is 18.9 Å². The van der Waals surface area contributed by atoms with E-state index in [1.54, 1.807) is 12.1 Å². The Bertz CT molecular complexity index is 1330. The van der Waals surface area contributed by atoms with Crippen molar-refractivity contribution in [2.75, 3.05) is 11.4 Å². The molecule has 6 rings (SSSR count). The molecule has 0 unspecified atom stereocenters. The fourth-order valence-electron chi connectivity index (χ4n) is 5.79. The molecule has 38 heavy (non-hydrogen) atoms. The maximum Gasteiger partial charge on any atom is 0.338 e. The second-order valence-electron chi connectivity index (χ2n) is 11.7. The maximum atomic E-state index is 14.7. The van der Waals surface area contributed by atoms with Crippen LogP contribution in [0.4, 0.5) is 10.1 Å². The third-order valence-electron chi connectivity index (χ3n) is 7.72. The van der Waals surface area contributed by atoms with Crippen molar-refractivity contribution in [2.24, 2.45) is 5.92 Å². The summed E-state index contributed by atoms with van der Waals surface area (Å²) in [7, 11) is 0. The topological polar surface area (TPSA) is 64.8 Å². The molecule has 3 aliphatic rings. The number of carbonyl (C=O) groups is 1.